The number of hydrogen-bond acceptors (Lipinski definition) is 3. The van der Waals surface area contributed by atoms with Crippen LogP contribution in [0.4, 0.5) is 10.1 Å². The third-order valence-electron chi connectivity index (χ3n) is 5.01. The van der Waals surface area contributed by atoms with E-state index in [9.17, 15) is 14.0 Å². The molecule has 3 aromatic carbocycles. The van der Waals surface area contributed by atoms with Crippen LogP contribution < -0.4 is 5.32 Å². The molecular weight excluding hydrogens is 399 g/mol. The minimum Gasteiger partial charge on any atom is -0.326 e. The van der Waals surface area contributed by atoms with Crippen molar-refractivity contribution in [1.82, 2.24) is 4.90 Å². The molecule has 3 aromatic rings. The van der Waals surface area contributed by atoms with Crippen LogP contribution in [0.1, 0.15) is 26.9 Å². The van der Waals surface area contributed by atoms with E-state index < -0.39 is 0 Å². The van der Waals surface area contributed by atoms with Crippen molar-refractivity contribution in [2.45, 2.75) is 11.8 Å². The van der Waals surface area contributed by atoms with E-state index >= 15 is 0 Å². The number of rotatable bonds is 6. The zero-order valence-corrected chi connectivity index (χ0v) is 17.1. The molecule has 0 unspecified atom stereocenters. The molecule has 1 aliphatic heterocycles. The van der Waals surface area contributed by atoms with Crippen molar-refractivity contribution in [2.24, 2.45) is 0 Å². The zero-order chi connectivity index (χ0) is 20.9. The summed E-state index contributed by atoms with van der Waals surface area (Å²) in [6.45, 7) is 0.660. The van der Waals surface area contributed by atoms with Crippen molar-refractivity contribution < 1.29 is 14.0 Å². The lowest BCUT2D eigenvalue weighted by Gasteiger charge is -2.24. The van der Waals surface area contributed by atoms with Gasteiger partial charge in [-0.3, -0.25) is 9.59 Å². The molecule has 0 saturated carbocycles. The molecule has 1 atom stereocenters. The van der Waals surface area contributed by atoms with Crippen LogP contribution >= 0.6 is 11.8 Å². The molecule has 0 spiro atoms. The van der Waals surface area contributed by atoms with Crippen LogP contribution in [0.25, 0.3) is 0 Å². The van der Waals surface area contributed by atoms with Gasteiger partial charge in [0.05, 0.1) is 5.75 Å². The van der Waals surface area contributed by atoms with Crippen molar-refractivity contribution >= 4 is 29.3 Å². The SMILES string of the molecule is O=C(Nc1ccc(F)cc1)c1ccc([C@H]2SCC(=O)N2CCc2ccccc2)cc1. The third-order valence-corrected chi connectivity index (χ3v) is 6.27. The minimum absolute atomic E-state index is 0.0459. The normalized spacial score (nSPS) is 16.0. The molecule has 2 amide bonds. The third kappa shape index (κ3) is 4.71. The van der Waals surface area contributed by atoms with Gasteiger partial charge < -0.3 is 10.2 Å². The van der Waals surface area contributed by atoms with E-state index in [4.69, 9.17) is 0 Å². The number of nitrogens with zero attached hydrogens (tertiary/aromatic N) is 1. The van der Waals surface area contributed by atoms with E-state index in [-0.39, 0.29) is 23.0 Å². The summed E-state index contributed by atoms with van der Waals surface area (Å²) in [5.41, 5.74) is 3.24. The first-order valence-corrected chi connectivity index (χ1v) is 10.8. The fourth-order valence-electron chi connectivity index (χ4n) is 3.40. The lowest BCUT2D eigenvalue weighted by Crippen LogP contribution is -2.30. The number of thioether (sulfide) groups is 1. The molecule has 1 aliphatic rings. The van der Waals surface area contributed by atoms with Gasteiger partial charge in [-0.25, -0.2) is 4.39 Å². The molecular formula is C24H21FN2O2S. The smallest absolute Gasteiger partial charge is 0.255 e. The van der Waals surface area contributed by atoms with Crippen molar-refractivity contribution in [3.8, 4) is 0 Å². The average molecular weight is 421 g/mol. The molecule has 1 N–H and O–H groups in total. The van der Waals surface area contributed by atoms with Gasteiger partial charge in [0.1, 0.15) is 11.2 Å². The number of benzene rings is 3. The van der Waals surface area contributed by atoms with Crippen LogP contribution in [0, 0.1) is 5.82 Å². The van der Waals surface area contributed by atoms with Gasteiger partial charge >= 0.3 is 0 Å². The maximum absolute atomic E-state index is 13.0. The van der Waals surface area contributed by atoms with E-state index in [0.717, 1.165) is 12.0 Å². The number of hydrogen-bond donors (Lipinski definition) is 1. The molecule has 6 heteroatoms. The molecule has 0 aliphatic carbocycles. The fourth-order valence-corrected chi connectivity index (χ4v) is 4.62. The fraction of sp³-hybridized carbons (Fsp3) is 0.167. The molecule has 30 heavy (non-hydrogen) atoms. The van der Waals surface area contributed by atoms with Gasteiger partial charge in [-0.15, -0.1) is 11.8 Å². The highest BCUT2D eigenvalue weighted by atomic mass is 32.2. The summed E-state index contributed by atoms with van der Waals surface area (Å²) in [4.78, 5) is 26.7. The summed E-state index contributed by atoms with van der Waals surface area (Å²) < 4.78 is 13.0. The maximum atomic E-state index is 13.0. The number of carbonyl (C=O) groups is 2. The molecule has 1 fully saturated rings. The van der Waals surface area contributed by atoms with Gasteiger partial charge in [0.15, 0.2) is 0 Å². The van der Waals surface area contributed by atoms with E-state index in [2.05, 4.69) is 17.4 Å². The Morgan fingerprint density at radius 1 is 1.00 bits per heavy atom. The Hall–Kier alpha value is -3.12. The second-order valence-corrected chi connectivity index (χ2v) is 8.14. The maximum Gasteiger partial charge on any atom is 0.255 e. The lowest BCUT2D eigenvalue weighted by molar-refractivity contribution is -0.128. The van der Waals surface area contributed by atoms with Crippen molar-refractivity contribution in [3.05, 3.63) is 101 Å². The first-order valence-electron chi connectivity index (χ1n) is 9.72. The Bertz CT molecular complexity index is 1020. The van der Waals surface area contributed by atoms with Crippen molar-refractivity contribution in [2.75, 3.05) is 17.6 Å². The number of halogens is 1. The van der Waals surface area contributed by atoms with Crippen molar-refractivity contribution in [3.63, 3.8) is 0 Å². The van der Waals surface area contributed by atoms with Gasteiger partial charge in [0, 0.05) is 17.8 Å². The van der Waals surface area contributed by atoms with Crippen LogP contribution in [0.2, 0.25) is 0 Å². The van der Waals surface area contributed by atoms with Crippen LogP contribution in [-0.4, -0.2) is 29.0 Å². The first kappa shape index (κ1) is 20.2. The summed E-state index contributed by atoms with van der Waals surface area (Å²) in [7, 11) is 0. The van der Waals surface area contributed by atoms with Gasteiger partial charge in [-0.1, -0.05) is 42.5 Å². The van der Waals surface area contributed by atoms with E-state index in [0.29, 0.717) is 23.5 Å². The van der Waals surface area contributed by atoms with Crippen LogP contribution in [0.3, 0.4) is 0 Å². The van der Waals surface area contributed by atoms with E-state index in [1.165, 1.54) is 29.8 Å². The largest absolute Gasteiger partial charge is 0.326 e. The second kappa shape index (κ2) is 9.13. The monoisotopic (exact) mass is 420 g/mol. The summed E-state index contributed by atoms with van der Waals surface area (Å²) in [6.07, 6.45) is 0.807. The predicted molar refractivity (Wildman–Crippen MR) is 118 cm³/mol. The Morgan fingerprint density at radius 3 is 2.40 bits per heavy atom. The average Bonchev–Trinajstić information content (AvgIpc) is 3.15. The molecule has 0 radical (unpaired) electrons. The van der Waals surface area contributed by atoms with Gasteiger partial charge in [0.25, 0.3) is 5.91 Å². The Kier molecular flexibility index (Phi) is 6.14. The van der Waals surface area contributed by atoms with E-state index in [1.807, 2.05) is 35.2 Å². The summed E-state index contributed by atoms with van der Waals surface area (Å²) in [5, 5.41) is 2.71. The van der Waals surface area contributed by atoms with Gasteiger partial charge in [0.2, 0.25) is 5.91 Å². The number of amides is 2. The summed E-state index contributed by atoms with van der Waals surface area (Å²) in [6, 6.07) is 23.1. The number of nitrogens with one attached hydrogen (secondary N) is 1. The standard InChI is InChI=1S/C24H21FN2O2S/c25-20-10-12-21(13-11-20)26-23(29)18-6-8-19(9-7-18)24-27(22(28)16-30-24)15-14-17-4-2-1-3-5-17/h1-13,24H,14-16H2,(H,26,29)/t24-/m1/s1. The topological polar surface area (TPSA) is 49.4 Å². The molecule has 4 rings (SSSR count). The van der Waals surface area contributed by atoms with Crippen molar-refractivity contribution in [1.29, 1.82) is 0 Å². The zero-order valence-electron chi connectivity index (χ0n) is 16.3. The quantitative estimate of drug-likeness (QED) is 0.617. The predicted octanol–water partition coefficient (Wildman–Crippen LogP) is 4.89. The molecule has 0 bridgehead atoms. The Balaban J connectivity index is 1.42. The molecule has 1 heterocycles. The molecule has 1 saturated heterocycles. The Morgan fingerprint density at radius 2 is 1.70 bits per heavy atom. The number of anilines is 1. The molecule has 0 aromatic heterocycles. The van der Waals surface area contributed by atoms with Crippen LogP contribution in [-0.2, 0) is 11.2 Å². The summed E-state index contributed by atoms with van der Waals surface area (Å²) >= 11 is 1.61. The first-order chi connectivity index (χ1) is 14.6. The van der Waals surface area contributed by atoms with Gasteiger partial charge in [-0.05, 0) is 53.9 Å². The molecule has 152 valence electrons. The summed E-state index contributed by atoms with van der Waals surface area (Å²) in [5.74, 6) is -0.00667. The lowest BCUT2D eigenvalue weighted by atomic mass is 10.1. The van der Waals surface area contributed by atoms with Crippen LogP contribution in [0.15, 0.2) is 78.9 Å². The van der Waals surface area contributed by atoms with Gasteiger partial charge in [-0.2, -0.15) is 0 Å². The number of carbonyl (C=O) groups excluding carboxylic acids is 2. The van der Waals surface area contributed by atoms with Crippen LogP contribution in [0.5, 0.6) is 0 Å². The highest BCUT2D eigenvalue weighted by molar-refractivity contribution is 8.00. The highest BCUT2D eigenvalue weighted by Crippen LogP contribution is 2.38. The highest BCUT2D eigenvalue weighted by Gasteiger charge is 2.32. The van der Waals surface area contributed by atoms with E-state index in [1.54, 1.807) is 23.9 Å². The Labute approximate surface area is 179 Å². The molecule has 4 nitrogen and oxygen atoms in total. The second-order valence-electron chi connectivity index (χ2n) is 7.07. The minimum atomic E-state index is -0.349.